The third-order valence-electron chi connectivity index (χ3n) is 3.14. The van der Waals surface area contributed by atoms with Crippen LogP contribution in [0, 0.1) is 5.82 Å². The van der Waals surface area contributed by atoms with Crippen LogP contribution < -0.4 is 5.32 Å². The average Bonchev–Trinajstić information content (AvgIpc) is 2.49. The summed E-state index contributed by atoms with van der Waals surface area (Å²) in [6.45, 7) is 6.03. The molecule has 0 radical (unpaired) electrons. The number of nitrogens with one attached hydrogen (secondary N) is 1. The predicted molar refractivity (Wildman–Crippen MR) is 82.8 cm³/mol. The average molecular weight is 300 g/mol. The number of carboxylic acid groups (broad SMARTS) is 1. The molecule has 1 aliphatic rings. The number of aliphatic carboxylic acids is 1. The summed E-state index contributed by atoms with van der Waals surface area (Å²) in [7, 11) is 0. The molecule has 114 valence electrons. The van der Waals surface area contributed by atoms with Crippen LogP contribution in [0.25, 0.3) is 0 Å². The second kappa shape index (κ2) is 6.76. The first-order valence-electron chi connectivity index (χ1n) is 6.78. The standard InChI is InChI=1S/C17H17FN2O2/c1-3-10-20-12(2)4-9-15(16(20)17(21)22)19-11-13-5-7-14(18)8-6-13/h3-10,19H,2,11H2,1H3,(H,21,22)/b10-3-. The number of carboxylic acids is 1. The molecule has 0 unspecified atom stereocenters. The van der Waals surface area contributed by atoms with Crippen molar-refractivity contribution in [3.05, 3.63) is 83.7 Å². The van der Waals surface area contributed by atoms with Crippen LogP contribution in [0.5, 0.6) is 0 Å². The SMILES string of the molecule is C=C1C=CC(NCc2ccc(F)cc2)=C(C(=O)O)N1/C=C\C. The van der Waals surface area contributed by atoms with Gasteiger partial charge in [-0.3, -0.25) is 0 Å². The Morgan fingerprint density at radius 2 is 2.05 bits per heavy atom. The first-order chi connectivity index (χ1) is 10.5. The van der Waals surface area contributed by atoms with Crippen molar-refractivity contribution in [2.45, 2.75) is 13.5 Å². The maximum absolute atomic E-state index is 12.9. The first-order valence-corrected chi connectivity index (χ1v) is 6.78. The van der Waals surface area contributed by atoms with E-state index in [0.717, 1.165) is 5.56 Å². The van der Waals surface area contributed by atoms with Crippen molar-refractivity contribution < 1.29 is 14.3 Å². The second-order valence-electron chi connectivity index (χ2n) is 4.72. The lowest BCUT2D eigenvalue weighted by Crippen LogP contribution is -2.29. The Hall–Kier alpha value is -2.82. The van der Waals surface area contributed by atoms with Crippen LogP contribution in [0.15, 0.2) is 72.4 Å². The van der Waals surface area contributed by atoms with E-state index in [4.69, 9.17) is 0 Å². The van der Waals surface area contributed by atoms with Gasteiger partial charge in [0.15, 0.2) is 5.70 Å². The Morgan fingerprint density at radius 1 is 1.36 bits per heavy atom. The quantitative estimate of drug-likeness (QED) is 0.877. The highest BCUT2D eigenvalue weighted by Crippen LogP contribution is 2.23. The molecule has 2 N–H and O–H groups in total. The number of benzene rings is 1. The molecule has 4 nitrogen and oxygen atoms in total. The zero-order valence-corrected chi connectivity index (χ0v) is 12.2. The molecular weight excluding hydrogens is 283 g/mol. The molecule has 0 amide bonds. The predicted octanol–water partition coefficient (Wildman–Crippen LogP) is 3.13. The lowest BCUT2D eigenvalue weighted by Gasteiger charge is -2.27. The summed E-state index contributed by atoms with van der Waals surface area (Å²) >= 11 is 0. The van der Waals surface area contributed by atoms with Crippen molar-refractivity contribution in [1.82, 2.24) is 10.2 Å². The molecule has 0 aliphatic carbocycles. The minimum absolute atomic E-state index is 0.104. The Balaban J connectivity index is 2.25. The van der Waals surface area contributed by atoms with E-state index in [1.807, 2.05) is 0 Å². The van der Waals surface area contributed by atoms with E-state index >= 15 is 0 Å². The van der Waals surface area contributed by atoms with Crippen molar-refractivity contribution in [3.8, 4) is 0 Å². The Morgan fingerprint density at radius 3 is 2.64 bits per heavy atom. The molecule has 0 atom stereocenters. The zero-order valence-electron chi connectivity index (χ0n) is 12.2. The fourth-order valence-corrected chi connectivity index (χ4v) is 2.09. The van der Waals surface area contributed by atoms with Gasteiger partial charge in [0.2, 0.25) is 0 Å². The summed E-state index contributed by atoms with van der Waals surface area (Å²) in [5, 5.41) is 12.5. The van der Waals surface area contributed by atoms with Crippen LogP contribution in [0.2, 0.25) is 0 Å². The molecular formula is C17H17FN2O2. The maximum atomic E-state index is 12.9. The van der Waals surface area contributed by atoms with Gasteiger partial charge in [0.25, 0.3) is 0 Å². The van der Waals surface area contributed by atoms with Gasteiger partial charge in [-0.2, -0.15) is 0 Å². The molecule has 0 spiro atoms. The van der Waals surface area contributed by atoms with Crippen molar-refractivity contribution in [2.24, 2.45) is 0 Å². The molecule has 5 heteroatoms. The van der Waals surface area contributed by atoms with Crippen LogP contribution >= 0.6 is 0 Å². The van der Waals surface area contributed by atoms with Gasteiger partial charge < -0.3 is 15.3 Å². The van der Waals surface area contributed by atoms with Crippen molar-refractivity contribution >= 4 is 5.97 Å². The molecule has 1 aliphatic heterocycles. The third kappa shape index (κ3) is 3.44. The Kier molecular flexibility index (Phi) is 4.78. The van der Waals surface area contributed by atoms with E-state index in [-0.39, 0.29) is 11.5 Å². The minimum atomic E-state index is -1.05. The molecule has 2 rings (SSSR count). The number of hydrogen-bond donors (Lipinski definition) is 2. The van der Waals surface area contributed by atoms with Gasteiger partial charge in [-0.15, -0.1) is 0 Å². The number of hydrogen-bond acceptors (Lipinski definition) is 3. The molecule has 1 aromatic carbocycles. The fraction of sp³-hybridized carbons (Fsp3) is 0.118. The zero-order chi connectivity index (χ0) is 16.1. The first kappa shape index (κ1) is 15.6. The minimum Gasteiger partial charge on any atom is -0.476 e. The van der Waals surface area contributed by atoms with Gasteiger partial charge in [0.05, 0.1) is 5.70 Å². The van der Waals surface area contributed by atoms with Gasteiger partial charge in [-0.05, 0) is 36.8 Å². The second-order valence-corrected chi connectivity index (χ2v) is 4.72. The van der Waals surface area contributed by atoms with Gasteiger partial charge in [-0.1, -0.05) is 24.8 Å². The van der Waals surface area contributed by atoms with E-state index in [1.54, 1.807) is 43.5 Å². The van der Waals surface area contributed by atoms with Crippen LogP contribution in [0.3, 0.4) is 0 Å². The number of nitrogens with zero attached hydrogens (tertiary/aromatic N) is 1. The van der Waals surface area contributed by atoms with E-state index < -0.39 is 5.97 Å². The number of rotatable bonds is 5. The van der Waals surface area contributed by atoms with Crippen LogP contribution in [-0.2, 0) is 11.3 Å². The summed E-state index contributed by atoms with van der Waals surface area (Å²) in [5.41, 5.74) is 2.01. The lowest BCUT2D eigenvalue weighted by molar-refractivity contribution is -0.134. The Bertz CT molecular complexity index is 672. The summed E-state index contributed by atoms with van der Waals surface area (Å²) in [6.07, 6.45) is 6.80. The van der Waals surface area contributed by atoms with Crippen LogP contribution in [0.1, 0.15) is 12.5 Å². The topological polar surface area (TPSA) is 52.6 Å². The van der Waals surface area contributed by atoms with E-state index in [0.29, 0.717) is 17.9 Å². The van der Waals surface area contributed by atoms with Crippen molar-refractivity contribution in [3.63, 3.8) is 0 Å². The van der Waals surface area contributed by atoms with E-state index in [2.05, 4.69) is 11.9 Å². The molecule has 0 bridgehead atoms. The summed E-state index contributed by atoms with van der Waals surface area (Å²) in [4.78, 5) is 13.1. The fourth-order valence-electron chi connectivity index (χ4n) is 2.09. The molecule has 0 aromatic heterocycles. The smallest absolute Gasteiger partial charge is 0.355 e. The third-order valence-corrected chi connectivity index (χ3v) is 3.14. The van der Waals surface area contributed by atoms with E-state index in [1.165, 1.54) is 17.0 Å². The normalized spacial score (nSPS) is 14.8. The monoisotopic (exact) mass is 300 g/mol. The van der Waals surface area contributed by atoms with Gasteiger partial charge in [0, 0.05) is 18.4 Å². The highest BCUT2D eigenvalue weighted by molar-refractivity contribution is 5.88. The number of halogens is 1. The lowest BCUT2D eigenvalue weighted by atomic mass is 10.1. The van der Waals surface area contributed by atoms with Gasteiger partial charge in [-0.25, -0.2) is 9.18 Å². The molecule has 0 saturated carbocycles. The molecule has 22 heavy (non-hydrogen) atoms. The number of carbonyl (C=O) groups is 1. The molecule has 1 heterocycles. The summed E-state index contributed by atoms with van der Waals surface area (Å²) in [5.74, 6) is -1.35. The molecule has 0 saturated heterocycles. The summed E-state index contributed by atoms with van der Waals surface area (Å²) in [6, 6.07) is 6.04. The van der Waals surface area contributed by atoms with Gasteiger partial charge >= 0.3 is 5.97 Å². The Labute approximate surface area is 128 Å². The van der Waals surface area contributed by atoms with Crippen molar-refractivity contribution in [2.75, 3.05) is 0 Å². The maximum Gasteiger partial charge on any atom is 0.355 e. The largest absolute Gasteiger partial charge is 0.476 e. The highest BCUT2D eigenvalue weighted by atomic mass is 19.1. The molecule has 0 fully saturated rings. The number of allylic oxidation sites excluding steroid dienone is 3. The highest BCUT2D eigenvalue weighted by Gasteiger charge is 2.23. The van der Waals surface area contributed by atoms with Crippen LogP contribution in [-0.4, -0.2) is 16.0 Å². The van der Waals surface area contributed by atoms with Crippen LogP contribution in [0.4, 0.5) is 4.39 Å². The summed E-state index contributed by atoms with van der Waals surface area (Å²) < 4.78 is 12.9. The van der Waals surface area contributed by atoms with E-state index in [9.17, 15) is 14.3 Å². The molecule has 1 aromatic rings. The van der Waals surface area contributed by atoms with Gasteiger partial charge in [0.1, 0.15) is 5.82 Å². The van der Waals surface area contributed by atoms with Crippen molar-refractivity contribution in [1.29, 1.82) is 0 Å².